The first kappa shape index (κ1) is 30.0. The van der Waals surface area contributed by atoms with E-state index in [1.54, 1.807) is 0 Å². The molecule has 0 radical (unpaired) electrons. The van der Waals surface area contributed by atoms with Gasteiger partial charge >= 0.3 is 0 Å². The van der Waals surface area contributed by atoms with Crippen LogP contribution in [0.25, 0.3) is 0 Å². The summed E-state index contributed by atoms with van der Waals surface area (Å²) in [5.74, 6) is 0.675. The Labute approximate surface area is 184 Å². The fourth-order valence-corrected chi connectivity index (χ4v) is 3.48. The summed E-state index contributed by atoms with van der Waals surface area (Å²) in [4.78, 5) is 9.27. The fraction of sp³-hybridized carbons (Fsp3) is 0.778. The average Bonchev–Trinajstić information content (AvgIpc) is 2.99. The summed E-state index contributed by atoms with van der Waals surface area (Å²) < 4.78 is 0. The van der Waals surface area contributed by atoms with Gasteiger partial charge in [0.1, 0.15) is 5.54 Å². The van der Waals surface area contributed by atoms with Crippen LogP contribution < -0.4 is 0 Å². The summed E-state index contributed by atoms with van der Waals surface area (Å²) in [5, 5.41) is 0. The lowest BCUT2D eigenvalue weighted by Gasteiger charge is -2.22. The molecule has 0 aromatic carbocycles. The van der Waals surface area contributed by atoms with Crippen molar-refractivity contribution < 1.29 is 0 Å². The van der Waals surface area contributed by atoms with Gasteiger partial charge in [-0.3, -0.25) is 9.98 Å². The highest BCUT2D eigenvalue weighted by Crippen LogP contribution is 2.33. The summed E-state index contributed by atoms with van der Waals surface area (Å²) in [6.07, 6.45) is 13.6. The number of aliphatic imine (C=N–C) groups is 2. The molecule has 0 amide bonds. The number of rotatable bonds is 4. The minimum atomic E-state index is -0.244. The van der Waals surface area contributed by atoms with Gasteiger partial charge in [-0.2, -0.15) is 0 Å². The zero-order valence-corrected chi connectivity index (χ0v) is 21.8. The smallest absolute Gasteiger partial charge is 0.114 e. The van der Waals surface area contributed by atoms with Gasteiger partial charge in [-0.1, -0.05) is 87.7 Å². The van der Waals surface area contributed by atoms with Gasteiger partial charge in [-0.15, -0.1) is 0 Å². The Morgan fingerprint density at radius 1 is 1.17 bits per heavy atom. The van der Waals surface area contributed by atoms with Crippen LogP contribution in [0.1, 0.15) is 121 Å². The van der Waals surface area contributed by atoms with Crippen LogP contribution in [0.15, 0.2) is 33.9 Å². The van der Waals surface area contributed by atoms with Gasteiger partial charge in [0.05, 0.1) is 0 Å². The predicted octanol–water partition coefficient (Wildman–Crippen LogP) is 9.22. The van der Waals surface area contributed by atoms with Crippen molar-refractivity contribution in [3.63, 3.8) is 0 Å². The highest BCUT2D eigenvalue weighted by Gasteiger charge is 2.31. The number of nitrogens with zero attached hydrogens (tertiary/aromatic N) is 2. The maximum absolute atomic E-state index is 4.93. The SMILES string of the molecule is C=C(C)N=CC1(C)N=C(C2CCCCC2)C=C1C.CC.CC.CCCC(C)(C)C. The molecule has 0 aromatic rings. The van der Waals surface area contributed by atoms with Gasteiger partial charge in [0, 0.05) is 23.5 Å². The summed E-state index contributed by atoms with van der Waals surface area (Å²) in [7, 11) is 0. The van der Waals surface area contributed by atoms with Crippen molar-refractivity contribution in [1.82, 2.24) is 0 Å². The predicted molar refractivity (Wildman–Crippen MR) is 137 cm³/mol. The molecule has 1 aliphatic carbocycles. The van der Waals surface area contributed by atoms with Crippen LogP contribution in [-0.4, -0.2) is 17.5 Å². The van der Waals surface area contributed by atoms with E-state index in [1.807, 2.05) is 40.8 Å². The molecule has 1 atom stereocenters. The number of hydrogen-bond donors (Lipinski definition) is 0. The van der Waals surface area contributed by atoms with E-state index in [0.717, 1.165) is 5.70 Å². The van der Waals surface area contributed by atoms with Crippen molar-refractivity contribution in [2.24, 2.45) is 21.3 Å². The normalized spacial score (nSPS) is 21.6. The highest BCUT2D eigenvalue weighted by atomic mass is 14.9. The monoisotopic (exact) mass is 404 g/mol. The minimum absolute atomic E-state index is 0.244. The molecule has 170 valence electrons. The van der Waals surface area contributed by atoms with Crippen LogP contribution in [0.3, 0.4) is 0 Å². The van der Waals surface area contributed by atoms with Crippen molar-refractivity contribution in [3.8, 4) is 0 Å². The highest BCUT2D eigenvalue weighted by molar-refractivity contribution is 6.03. The lowest BCUT2D eigenvalue weighted by Crippen LogP contribution is -2.24. The summed E-state index contributed by atoms with van der Waals surface area (Å²) in [6.45, 7) is 27.1. The Bertz CT molecular complexity index is 525. The second kappa shape index (κ2) is 15.6. The fourth-order valence-electron chi connectivity index (χ4n) is 3.48. The van der Waals surface area contributed by atoms with Gasteiger partial charge in [0.25, 0.3) is 0 Å². The van der Waals surface area contributed by atoms with E-state index in [-0.39, 0.29) is 5.54 Å². The molecule has 1 heterocycles. The van der Waals surface area contributed by atoms with Crippen LogP contribution in [-0.2, 0) is 0 Å². The summed E-state index contributed by atoms with van der Waals surface area (Å²) >= 11 is 0. The van der Waals surface area contributed by atoms with Gasteiger partial charge in [0.2, 0.25) is 0 Å². The molecule has 0 spiro atoms. The Hall–Kier alpha value is -1.18. The van der Waals surface area contributed by atoms with E-state index < -0.39 is 0 Å². The first-order chi connectivity index (χ1) is 13.6. The van der Waals surface area contributed by atoms with E-state index >= 15 is 0 Å². The molecule has 0 aromatic heterocycles. The van der Waals surface area contributed by atoms with Crippen molar-refractivity contribution in [3.05, 3.63) is 23.9 Å². The van der Waals surface area contributed by atoms with Gasteiger partial charge < -0.3 is 0 Å². The van der Waals surface area contributed by atoms with E-state index in [1.165, 1.54) is 56.2 Å². The standard InChI is InChI=1S/C16H24N2.C7H16.2C2H6/c1-12(2)17-11-16(4)13(3)10-15(18-16)14-8-6-5-7-9-14;1-5-6-7(2,3)4;2*1-2/h10-11,14H,1,5-9H2,2-4H3;5-6H2,1-4H3;2*1-2H3. The van der Waals surface area contributed by atoms with Gasteiger partial charge in [-0.05, 0) is 57.1 Å². The zero-order chi connectivity index (χ0) is 23.1. The average molecular weight is 405 g/mol. The van der Waals surface area contributed by atoms with Crippen LogP contribution >= 0.6 is 0 Å². The molecule has 0 bridgehead atoms. The van der Waals surface area contributed by atoms with Crippen LogP contribution in [0.2, 0.25) is 0 Å². The van der Waals surface area contributed by atoms with Gasteiger partial charge in [0.15, 0.2) is 0 Å². The molecule has 1 saturated carbocycles. The Kier molecular flexibility index (Phi) is 16.2. The molecule has 1 unspecified atom stereocenters. The van der Waals surface area contributed by atoms with Crippen LogP contribution in [0.4, 0.5) is 0 Å². The molecule has 1 aliphatic heterocycles. The maximum atomic E-state index is 4.93. The van der Waals surface area contributed by atoms with E-state index in [2.05, 4.69) is 59.2 Å². The lowest BCUT2D eigenvalue weighted by molar-refractivity contribution is 0.373. The maximum Gasteiger partial charge on any atom is 0.114 e. The molecule has 29 heavy (non-hydrogen) atoms. The third kappa shape index (κ3) is 12.9. The molecule has 2 nitrogen and oxygen atoms in total. The third-order valence-electron chi connectivity index (χ3n) is 5.08. The van der Waals surface area contributed by atoms with E-state index in [0.29, 0.717) is 11.3 Å². The van der Waals surface area contributed by atoms with E-state index in [4.69, 9.17) is 4.99 Å². The number of allylic oxidation sites excluding steroid dienone is 2. The first-order valence-electron chi connectivity index (χ1n) is 12.1. The van der Waals surface area contributed by atoms with Crippen molar-refractivity contribution >= 4 is 11.9 Å². The van der Waals surface area contributed by atoms with Crippen LogP contribution in [0, 0.1) is 11.3 Å². The molecule has 2 heteroatoms. The largest absolute Gasteiger partial charge is 0.273 e. The topological polar surface area (TPSA) is 24.7 Å². The minimum Gasteiger partial charge on any atom is -0.273 e. The molecular formula is C27H52N2. The second-order valence-corrected chi connectivity index (χ2v) is 9.15. The number of hydrogen-bond acceptors (Lipinski definition) is 2. The molecule has 0 N–H and O–H groups in total. The van der Waals surface area contributed by atoms with Gasteiger partial charge in [-0.25, -0.2) is 0 Å². The van der Waals surface area contributed by atoms with Crippen molar-refractivity contribution in [1.29, 1.82) is 0 Å². The summed E-state index contributed by atoms with van der Waals surface area (Å²) in [5.41, 5.74) is 3.74. The third-order valence-corrected chi connectivity index (χ3v) is 5.08. The molecule has 2 rings (SSSR count). The van der Waals surface area contributed by atoms with Crippen molar-refractivity contribution in [2.45, 2.75) is 127 Å². The zero-order valence-electron chi connectivity index (χ0n) is 21.8. The first-order valence-corrected chi connectivity index (χ1v) is 12.1. The quantitative estimate of drug-likeness (QED) is 0.417. The Morgan fingerprint density at radius 2 is 1.69 bits per heavy atom. The molecule has 2 aliphatic rings. The van der Waals surface area contributed by atoms with Crippen LogP contribution in [0.5, 0.6) is 0 Å². The van der Waals surface area contributed by atoms with Crippen molar-refractivity contribution in [2.75, 3.05) is 0 Å². The Balaban J connectivity index is 0. The Morgan fingerprint density at radius 3 is 2.07 bits per heavy atom. The van der Waals surface area contributed by atoms with E-state index in [9.17, 15) is 0 Å². The molecule has 0 saturated heterocycles. The second-order valence-electron chi connectivity index (χ2n) is 9.15. The molecule has 1 fully saturated rings. The lowest BCUT2D eigenvalue weighted by atomic mass is 9.85. The molecular weight excluding hydrogens is 352 g/mol. The summed E-state index contributed by atoms with van der Waals surface area (Å²) in [6, 6.07) is 0.